The Bertz CT molecular complexity index is 364. The quantitative estimate of drug-likeness (QED) is 0.714. The van der Waals surface area contributed by atoms with Gasteiger partial charge in [-0.05, 0) is 24.3 Å². The fourth-order valence-corrected chi connectivity index (χ4v) is 1.18. The molecule has 15 heavy (non-hydrogen) atoms. The van der Waals surface area contributed by atoms with Gasteiger partial charge in [-0.3, -0.25) is 4.98 Å². The first-order valence-corrected chi connectivity index (χ1v) is 5.35. The molecule has 0 fully saturated rings. The van der Waals surface area contributed by atoms with Gasteiger partial charge in [0, 0.05) is 33.8 Å². The van der Waals surface area contributed by atoms with Crippen LogP contribution >= 0.6 is 11.6 Å². The van der Waals surface area contributed by atoms with Crippen LogP contribution in [0.3, 0.4) is 0 Å². The van der Waals surface area contributed by atoms with Crippen molar-refractivity contribution < 1.29 is 4.21 Å². The lowest BCUT2D eigenvalue weighted by Gasteiger charge is -1.79. The maximum absolute atomic E-state index is 10.1. The van der Waals surface area contributed by atoms with E-state index in [1.807, 2.05) is 18.2 Å². The van der Waals surface area contributed by atoms with Gasteiger partial charge in [-0.25, -0.2) is 0 Å². The third kappa shape index (κ3) is 5.20. The van der Waals surface area contributed by atoms with Crippen molar-refractivity contribution in [1.29, 1.82) is 0 Å². The summed E-state index contributed by atoms with van der Waals surface area (Å²) in [6.07, 6.45) is 3.50. The standard InChI is InChI=1S/C6H4ClOS.C5H5N/c7-5-1-3-6(9-8)4-2-5;1-2-4-6-5-3-1/h1-4H;1-5H/q+1;. The molecule has 0 radical (unpaired) electrons. The zero-order chi connectivity index (χ0) is 10.9. The monoisotopic (exact) mass is 238 g/mol. The van der Waals surface area contributed by atoms with E-state index in [0.717, 1.165) is 0 Å². The number of nitrogens with zero attached hydrogens (tertiary/aromatic N) is 1. The summed E-state index contributed by atoms with van der Waals surface area (Å²) in [5, 5.41) is 0.660. The molecule has 2 aromatic rings. The molecule has 0 spiro atoms. The van der Waals surface area contributed by atoms with Gasteiger partial charge in [0.15, 0.2) is 0 Å². The normalized spacial score (nSPS) is 8.60. The molecule has 0 N–H and O–H groups in total. The van der Waals surface area contributed by atoms with Crippen LogP contribution in [0.5, 0.6) is 0 Å². The molecule has 2 nitrogen and oxygen atoms in total. The van der Waals surface area contributed by atoms with Gasteiger partial charge < -0.3 is 0 Å². The average molecular weight is 239 g/mol. The number of halogens is 1. The largest absolute Gasteiger partial charge is 0.505 e. The molecular weight excluding hydrogens is 230 g/mol. The van der Waals surface area contributed by atoms with E-state index in [-0.39, 0.29) is 0 Å². The molecule has 0 saturated carbocycles. The molecular formula is C11H9ClNOS+. The van der Waals surface area contributed by atoms with Crippen LogP contribution in [-0.4, -0.2) is 4.98 Å². The molecule has 0 amide bonds. The van der Waals surface area contributed by atoms with Crippen molar-refractivity contribution in [3.05, 3.63) is 59.9 Å². The summed E-state index contributed by atoms with van der Waals surface area (Å²) < 4.78 is 10.1. The van der Waals surface area contributed by atoms with Crippen LogP contribution in [-0.2, 0) is 15.9 Å². The van der Waals surface area contributed by atoms with Crippen molar-refractivity contribution in [3.63, 3.8) is 0 Å². The molecule has 2 rings (SSSR count). The summed E-state index contributed by atoms with van der Waals surface area (Å²) in [6.45, 7) is 0. The van der Waals surface area contributed by atoms with E-state index < -0.39 is 0 Å². The first-order chi connectivity index (χ1) is 7.33. The van der Waals surface area contributed by atoms with Crippen molar-refractivity contribution in [1.82, 2.24) is 4.98 Å². The van der Waals surface area contributed by atoms with Crippen LogP contribution < -0.4 is 0 Å². The van der Waals surface area contributed by atoms with Gasteiger partial charge in [0.1, 0.15) is 0 Å². The van der Waals surface area contributed by atoms with Crippen LogP contribution in [0.15, 0.2) is 59.8 Å². The predicted octanol–water partition coefficient (Wildman–Crippen LogP) is 3.21. The number of aromatic nitrogens is 1. The van der Waals surface area contributed by atoms with Crippen molar-refractivity contribution in [3.8, 4) is 0 Å². The maximum atomic E-state index is 10.1. The fraction of sp³-hybridized carbons (Fsp3) is 0. The smallest absolute Gasteiger partial charge is 0.265 e. The minimum absolute atomic E-state index is 0.469. The van der Waals surface area contributed by atoms with Crippen LogP contribution in [0, 0.1) is 0 Å². The third-order valence-corrected chi connectivity index (χ3v) is 2.19. The lowest BCUT2D eigenvalue weighted by Crippen LogP contribution is -1.69. The lowest BCUT2D eigenvalue weighted by atomic mass is 10.4. The van der Waals surface area contributed by atoms with E-state index in [2.05, 4.69) is 4.98 Å². The van der Waals surface area contributed by atoms with Crippen LogP contribution in [0.2, 0.25) is 5.02 Å². The Morgan fingerprint density at radius 3 is 1.93 bits per heavy atom. The first kappa shape index (κ1) is 11.8. The molecule has 1 aromatic heterocycles. The summed E-state index contributed by atoms with van der Waals surface area (Å²) in [4.78, 5) is 4.48. The zero-order valence-electron chi connectivity index (χ0n) is 7.84. The Morgan fingerprint density at radius 2 is 1.60 bits per heavy atom. The molecule has 0 aliphatic rings. The molecule has 0 saturated heterocycles. The molecule has 0 aliphatic heterocycles. The summed E-state index contributed by atoms with van der Waals surface area (Å²) >= 11 is 6.03. The van der Waals surface area contributed by atoms with Crippen molar-refractivity contribution in [2.75, 3.05) is 0 Å². The number of hydrogen-bond acceptors (Lipinski definition) is 2. The highest BCUT2D eigenvalue weighted by atomic mass is 35.5. The third-order valence-electron chi connectivity index (χ3n) is 1.48. The van der Waals surface area contributed by atoms with E-state index in [4.69, 9.17) is 11.6 Å². The SMILES string of the molecule is O=[S+]c1ccc(Cl)cc1.c1ccncc1. The van der Waals surface area contributed by atoms with E-state index >= 15 is 0 Å². The second kappa shape index (κ2) is 7.04. The van der Waals surface area contributed by atoms with Crippen molar-refractivity contribution in [2.45, 2.75) is 4.90 Å². The average Bonchev–Trinajstić information content (AvgIpc) is 2.33. The maximum Gasteiger partial charge on any atom is 0.505 e. The van der Waals surface area contributed by atoms with E-state index in [0.29, 0.717) is 21.6 Å². The summed E-state index contributed by atoms with van der Waals surface area (Å²) in [7, 11) is 0. The molecule has 0 atom stereocenters. The van der Waals surface area contributed by atoms with Gasteiger partial charge in [-0.15, -0.1) is 0 Å². The topological polar surface area (TPSA) is 30.0 Å². The van der Waals surface area contributed by atoms with E-state index in [9.17, 15) is 4.21 Å². The first-order valence-electron chi connectivity index (χ1n) is 4.23. The van der Waals surface area contributed by atoms with Gasteiger partial charge in [0.2, 0.25) is 0 Å². The molecule has 0 bridgehead atoms. The zero-order valence-corrected chi connectivity index (χ0v) is 9.41. The number of rotatable bonds is 1. The van der Waals surface area contributed by atoms with Gasteiger partial charge in [-0.1, -0.05) is 17.7 Å². The van der Waals surface area contributed by atoms with Gasteiger partial charge in [0.05, 0.1) is 0 Å². The minimum atomic E-state index is 0.469. The summed E-state index contributed by atoms with van der Waals surface area (Å²) in [5.74, 6) is 0. The van der Waals surface area contributed by atoms with Crippen LogP contribution in [0.25, 0.3) is 0 Å². The molecule has 1 aromatic carbocycles. The molecule has 1 heterocycles. The Morgan fingerprint density at radius 1 is 1.00 bits per heavy atom. The van der Waals surface area contributed by atoms with Gasteiger partial charge >= 0.3 is 11.7 Å². The second-order valence-electron chi connectivity index (χ2n) is 2.56. The van der Waals surface area contributed by atoms with Crippen molar-refractivity contribution >= 4 is 23.3 Å². The molecule has 0 aliphatic carbocycles. The van der Waals surface area contributed by atoms with Crippen molar-refractivity contribution in [2.24, 2.45) is 0 Å². The Labute approximate surface area is 97.4 Å². The summed E-state index contributed by atoms with van der Waals surface area (Å²) in [5.41, 5.74) is 0. The number of benzene rings is 1. The Kier molecular flexibility index (Phi) is 5.51. The molecule has 0 unspecified atom stereocenters. The number of pyridine rings is 1. The van der Waals surface area contributed by atoms with E-state index in [1.165, 1.54) is 0 Å². The Hall–Kier alpha value is -1.32. The fourth-order valence-electron chi connectivity index (χ4n) is 0.803. The molecule has 4 heteroatoms. The summed E-state index contributed by atoms with van der Waals surface area (Å²) in [6, 6.07) is 12.5. The van der Waals surface area contributed by atoms with E-state index in [1.54, 1.807) is 36.7 Å². The highest BCUT2D eigenvalue weighted by Gasteiger charge is 2.02. The Balaban J connectivity index is 0.000000162. The van der Waals surface area contributed by atoms with Gasteiger partial charge in [0.25, 0.3) is 4.90 Å². The predicted molar refractivity (Wildman–Crippen MR) is 62.0 cm³/mol. The second-order valence-corrected chi connectivity index (χ2v) is 3.64. The number of hydrogen-bond donors (Lipinski definition) is 0. The highest BCUT2D eigenvalue weighted by Crippen LogP contribution is 2.08. The lowest BCUT2D eigenvalue weighted by molar-refractivity contribution is 0.605. The van der Waals surface area contributed by atoms with Crippen LogP contribution in [0.4, 0.5) is 0 Å². The highest BCUT2D eigenvalue weighted by molar-refractivity contribution is 7.65. The van der Waals surface area contributed by atoms with Gasteiger partial charge in [-0.2, -0.15) is 0 Å². The minimum Gasteiger partial charge on any atom is -0.265 e. The van der Waals surface area contributed by atoms with Crippen LogP contribution in [0.1, 0.15) is 0 Å². The molecule has 76 valence electrons.